The highest BCUT2D eigenvalue weighted by molar-refractivity contribution is 7.99. The number of hydrogen-bond donors (Lipinski definition) is 1. The van der Waals surface area contributed by atoms with Crippen molar-refractivity contribution in [3.05, 3.63) is 65.0 Å². The van der Waals surface area contributed by atoms with Gasteiger partial charge in [0.1, 0.15) is 5.82 Å². The third kappa shape index (κ3) is 3.14. The molecule has 0 saturated heterocycles. The maximum absolute atomic E-state index is 14.1. The monoisotopic (exact) mass is 301 g/mol. The van der Waals surface area contributed by atoms with Crippen LogP contribution in [-0.2, 0) is 12.8 Å². The van der Waals surface area contributed by atoms with Gasteiger partial charge < -0.3 is 5.73 Å². The summed E-state index contributed by atoms with van der Waals surface area (Å²) in [6.07, 6.45) is 3.59. The summed E-state index contributed by atoms with van der Waals surface area (Å²) in [7, 11) is 0. The second-order valence-corrected chi connectivity index (χ2v) is 6.92. The summed E-state index contributed by atoms with van der Waals surface area (Å²) < 4.78 is 14.1. The van der Waals surface area contributed by atoms with Gasteiger partial charge in [0.25, 0.3) is 0 Å². The summed E-state index contributed by atoms with van der Waals surface area (Å²) in [4.78, 5) is 1.18. The molecule has 2 aromatic carbocycles. The molecule has 21 heavy (non-hydrogen) atoms. The van der Waals surface area contributed by atoms with Gasteiger partial charge >= 0.3 is 0 Å². The average Bonchev–Trinajstić information content (AvgIpc) is 2.93. The predicted octanol–water partition coefficient (Wildman–Crippen LogP) is 4.50. The maximum atomic E-state index is 14.1. The standard InChI is InChI=1S/C18H20FNS/c1-12(20)18(16-7-2-3-8-17(16)19)21-15-10-9-13-5-4-6-14(13)11-15/h2-3,7-12,18H,4-6,20H2,1H3. The molecule has 2 atom stereocenters. The summed E-state index contributed by atoms with van der Waals surface area (Å²) in [5, 5.41) is -0.0642. The van der Waals surface area contributed by atoms with Gasteiger partial charge in [-0.05, 0) is 55.5 Å². The Labute approximate surface area is 129 Å². The van der Waals surface area contributed by atoms with E-state index in [-0.39, 0.29) is 17.1 Å². The molecule has 1 aliphatic carbocycles. The highest BCUT2D eigenvalue weighted by atomic mass is 32.2. The molecule has 3 heteroatoms. The number of rotatable bonds is 4. The fraction of sp³-hybridized carbons (Fsp3) is 0.333. The first-order valence-corrected chi connectivity index (χ1v) is 8.31. The molecule has 0 aromatic heterocycles. The van der Waals surface area contributed by atoms with E-state index < -0.39 is 0 Å². The number of thioether (sulfide) groups is 1. The lowest BCUT2D eigenvalue weighted by molar-refractivity contribution is 0.592. The molecule has 0 radical (unpaired) electrons. The van der Waals surface area contributed by atoms with Crippen LogP contribution < -0.4 is 5.73 Å². The first-order valence-electron chi connectivity index (χ1n) is 7.43. The zero-order chi connectivity index (χ0) is 14.8. The van der Waals surface area contributed by atoms with Crippen LogP contribution in [0.2, 0.25) is 0 Å². The van der Waals surface area contributed by atoms with Crippen LogP contribution in [-0.4, -0.2) is 6.04 Å². The third-order valence-electron chi connectivity index (χ3n) is 4.02. The zero-order valence-electron chi connectivity index (χ0n) is 12.2. The van der Waals surface area contributed by atoms with Crippen molar-refractivity contribution in [2.24, 2.45) is 5.73 Å². The van der Waals surface area contributed by atoms with E-state index in [1.807, 2.05) is 19.1 Å². The smallest absolute Gasteiger partial charge is 0.127 e. The minimum absolute atomic E-state index is 0.0642. The lowest BCUT2D eigenvalue weighted by atomic mass is 10.1. The van der Waals surface area contributed by atoms with Crippen LogP contribution >= 0.6 is 11.8 Å². The Bertz CT molecular complexity index is 639. The van der Waals surface area contributed by atoms with Gasteiger partial charge in [-0.2, -0.15) is 0 Å². The number of hydrogen-bond acceptors (Lipinski definition) is 2. The zero-order valence-corrected chi connectivity index (χ0v) is 13.0. The number of aryl methyl sites for hydroxylation is 2. The first kappa shape index (κ1) is 14.6. The van der Waals surface area contributed by atoms with Gasteiger partial charge in [-0.1, -0.05) is 24.3 Å². The van der Waals surface area contributed by atoms with Crippen molar-refractivity contribution in [3.8, 4) is 0 Å². The summed E-state index contributed by atoms with van der Waals surface area (Å²) in [6.45, 7) is 1.94. The minimum atomic E-state index is -0.173. The van der Waals surface area contributed by atoms with Crippen molar-refractivity contribution in [1.82, 2.24) is 0 Å². The molecule has 0 bridgehead atoms. The quantitative estimate of drug-likeness (QED) is 0.842. The van der Waals surface area contributed by atoms with Crippen LogP contribution in [0.15, 0.2) is 47.4 Å². The van der Waals surface area contributed by atoms with Gasteiger partial charge in [0.15, 0.2) is 0 Å². The van der Waals surface area contributed by atoms with E-state index in [0.717, 1.165) is 6.42 Å². The second kappa shape index (κ2) is 6.20. The molecule has 2 N–H and O–H groups in total. The first-order chi connectivity index (χ1) is 10.1. The summed E-state index contributed by atoms with van der Waals surface area (Å²) in [5.74, 6) is -0.173. The highest BCUT2D eigenvalue weighted by Gasteiger charge is 2.21. The Morgan fingerprint density at radius 3 is 2.62 bits per heavy atom. The average molecular weight is 301 g/mol. The van der Waals surface area contributed by atoms with E-state index in [9.17, 15) is 4.39 Å². The Morgan fingerprint density at radius 1 is 1.10 bits per heavy atom. The Balaban J connectivity index is 1.88. The van der Waals surface area contributed by atoms with E-state index in [1.165, 1.54) is 34.9 Å². The van der Waals surface area contributed by atoms with E-state index in [4.69, 9.17) is 5.73 Å². The van der Waals surface area contributed by atoms with Crippen molar-refractivity contribution >= 4 is 11.8 Å². The van der Waals surface area contributed by atoms with Gasteiger partial charge in [-0.15, -0.1) is 11.8 Å². The maximum Gasteiger partial charge on any atom is 0.127 e. The van der Waals surface area contributed by atoms with E-state index in [0.29, 0.717) is 5.56 Å². The van der Waals surface area contributed by atoms with Gasteiger partial charge in [0, 0.05) is 16.5 Å². The van der Waals surface area contributed by atoms with Crippen LogP contribution in [0.25, 0.3) is 0 Å². The Morgan fingerprint density at radius 2 is 1.86 bits per heavy atom. The third-order valence-corrected chi connectivity index (χ3v) is 5.49. The minimum Gasteiger partial charge on any atom is -0.327 e. The fourth-order valence-corrected chi connectivity index (χ4v) is 4.11. The van der Waals surface area contributed by atoms with Crippen LogP contribution in [0.5, 0.6) is 0 Å². The molecule has 1 nitrogen and oxygen atoms in total. The molecule has 0 amide bonds. The molecule has 0 spiro atoms. The molecule has 3 rings (SSSR count). The lowest BCUT2D eigenvalue weighted by Crippen LogP contribution is -2.23. The SMILES string of the molecule is CC(N)C(Sc1ccc2c(c1)CCC2)c1ccccc1F. The van der Waals surface area contributed by atoms with Crippen molar-refractivity contribution < 1.29 is 4.39 Å². The largest absolute Gasteiger partial charge is 0.327 e. The molecule has 2 unspecified atom stereocenters. The van der Waals surface area contributed by atoms with Crippen molar-refractivity contribution in [2.75, 3.05) is 0 Å². The molecule has 0 saturated carbocycles. The van der Waals surface area contributed by atoms with Crippen LogP contribution in [0, 0.1) is 5.82 Å². The highest BCUT2D eigenvalue weighted by Crippen LogP contribution is 2.39. The number of nitrogens with two attached hydrogens (primary N) is 1. The molecule has 2 aromatic rings. The van der Waals surface area contributed by atoms with Gasteiger partial charge in [0.2, 0.25) is 0 Å². The summed E-state index contributed by atoms with van der Waals surface area (Å²) >= 11 is 1.67. The van der Waals surface area contributed by atoms with Crippen LogP contribution in [0.3, 0.4) is 0 Å². The van der Waals surface area contributed by atoms with Crippen molar-refractivity contribution in [2.45, 2.75) is 42.4 Å². The number of benzene rings is 2. The van der Waals surface area contributed by atoms with E-state index in [1.54, 1.807) is 17.8 Å². The molecular weight excluding hydrogens is 281 g/mol. The normalized spacial score (nSPS) is 16.5. The van der Waals surface area contributed by atoms with Crippen molar-refractivity contribution in [1.29, 1.82) is 0 Å². The Hall–Kier alpha value is -1.32. The number of fused-ring (bicyclic) bond motifs is 1. The molecule has 0 aliphatic heterocycles. The molecule has 0 heterocycles. The van der Waals surface area contributed by atoms with Crippen molar-refractivity contribution in [3.63, 3.8) is 0 Å². The van der Waals surface area contributed by atoms with Crippen LogP contribution in [0.4, 0.5) is 4.39 Å². The topological polar surface area (TPSA) is 26.0 Å². The van der Waals surface area contributed by atoms with Crippen LogP contribution in [0.1, 0.15) is 35.3 Å². The fourth-order valence-electron chi connectivity index (χ4n) is 2.93. The van der Waals surface area contributed by atoms with E-state index in [2.05, 4.69) is 18.2 Å². The second-order valence-electron chi connectivity index (χ2n) is 5.70. The van der Waals surface area contributed by atoms with E-state index >= 15 is 0 Å². The lowest BCUT2D eigenvalue weighted by Gasteiger charge is -2.21. The number of halogens is 1. The molecule has 1 aliphatic rings. The van der Waals surface area contributed by atoms with Gasteiger partial charge in [-0.3, -0.25) is 0 Å². The van der Waals surface area contributed by atoms with Gasteiger partial charge in [0.05, 0.1) is 5.25 Å². The Kier molecular flexibility index (Phi) is 4.32. The predicted molar refractivity (Wildman–Crippen MR) is 87.1 cm³/mol. The summed E-state index contributed by atoms with van der Waals surface area (Å²) in [5.41, 5.74) is 9.71. The summed E-state index contributed by atoms with van der Waals surface area (Å²) in [6, 6.07) is 13.4. The molecular formula is C18H20FNS. The molecule has 110 valence electrons. The van der Waals surface area contributed by atoms with Gasteiger partial charge in [-0.25, -0.2) is 4.39 Å². The molecule has 0 fully saturated rings.